The third kappa shape index (κ3) is 4.90. The number of esters is 1. The molecule has 0 aliphatic heterocycles. The number of halogens is 1. The van der Waals surface area contributed by atoms with Crippen LogP contribution in [0.1, 0.15) is 44.5 Å². The number of amides is 1. The summed E-state index contributed by atoms with van der Waals surface area (Å²) < 4.78 is 6.58. The summed E-state index contributed by atoms with van der Waals surface area (Å²) in [5, 5.41) is 3.55. The molecule has 0 radical (unpaired) electrons. The van der Waals surface area contributed by atoms with E-state index in [0.29, 0.717) is 28.4 Å². The molecule has 156 valence electrons. The maximum atomic E-state index is 13.0. The first-order chi connectivity index (χ1) is 14.2. The van der Waals surface area contributed by atoms with Crippen molar-refractivity contribution >= 4 is 23.5 Å². The van der Waals surface area contributed by atoms with Crippen molar-refractivity contribution < 1.29 is 14.3 Å². The van der Waals surface area contributed by atoms with Gasteiger partial charge < -0.3 is 20.4 Å². The summed E-state index contributed by atoms with van der Waals surface area (Å²) >= 11 is 5.96. The number of rotatable bonds is 6. The Hall–Kier alpha value is -3.09. The van der Waals surface area contributed by atoms with Gasteiger partial charge >= 0.3 is 5.97 Å². The molecule has 1 atom stereocenters. The van der Waals surface area contributed by atoms with Crippen molar-refractivity contribution in [2.45, 2.75) is 26.1 Å². The lowest BCUT2D eigenvalue weighted by molar-refractivity contribution is 0.0600. The van der Waals surface area contributed by atoms with E-state index in [-0.39, 0.29) is 5.91 Å². The second-order valence-corrected chi connectivity index (χ2v) is 7.82. The second-order valence-electron chi connectivity index (χ2n) is 7.38. The Morgan fingerprint density at radius 1 is 1.13 bits per heavy atom. The highest BCUT2D eigenvalue weighted by molar-refractivity contribution is 6.30. The number of hydrogen-bond donors (Lipinski definition) is 2. The van der Waals surface area contributed by atoms with Crippen molar-refractivity contribution in [1.29, 1.82) is 0 Å². The normalized spacial score (nSPS) is 12.8. The zero-order chi connectivity index (χ0) is 21.9. The molecular weight excluding hydrogens is 402 g/mol. The van der Waals surface area contributed by atoms with Gasteiger partial charge in [-0.05, 0) is 60.9 Å². The van der Waals surface area contributed by atoms with E-state index in [4.69, 9.17) is 22.1 Å². The molecule has 30 heavy (non-hydrogen) atoms. The van der Waals surface area contributed by atoms with Crippen LogP contribution in [-0.4, -0.2) is 23.6 Å². The molecule has 0 saturated carbocycles. The number of ether oxygens (including phenoxy) is 1. The molecule has 3 rings (SSSR count). The summed E-state index contributed by atoms with van der Waals surface area (Å²) in [5.74, 6) is -0.723. The van der Waals surface area contributed by atoms with Gasteiger partial charge in [0.2, 0.25) is 0 Å². The van der Waals surface area contributed by atoms with Crippen LogP contribution in [0.15, 0.2) is 60.8 Å². The molecule has 1 amide bonds. The van der Waals surface area contributed by atoms with Gasteiger partial charge in [0.25, 0.3) is 5.91 Å². The number of methoxy groups -OCH3 is 1. The smallest absolute Gasteiger partial charge is 0.337 e. The maximum Gasteiger partial charge on any atom is 0.337 e. The molecule has 3 aromatic rings. The van der Waals surface area contributed by atoms with Crippen LogP contribution in [0.4, 0.5) is 0 Å². The molecule has 0 spiro atoms. The number of carbonyl (C=O) groups is 2. The topological polar surface area (TPSA) is 86.3 Å². The average molecular weight is 426 g/mol. The van der Waals surface area contributed by atoms with E-state index in [1.165, 1.54) is 7.11 Å². The van der Waals surface area contributed by atoms with E-state index in [1.807, 2.05) is 48.0 Å². The highest BCUT2D eigenvalue weighted by Crippen LogP contribution is 2.19. The van der Waals surface area contributed by atoms with E-state index < -0.39 is 11.6 Å². The van der Waals surface area contributed by atoms with Crippen LogP contribution in [0.25, 0.3) is 0 Å². The highest BCUT2D eigenvalue weighted by atomic mass is 35.5. The van der Waals surface area contributed by atoms with Crippen molar-refractivity contribution in [1.82, 2.24) is 9.88 Å². The number of nitrogens with one attached hydrogen (secondary N) is 1. The van der Waals surface area contributed by atoms with Gasteiger partial charge in [0.05, 0.1) is 12.7 Å². The molecule has 1 aromatic heterocycles. The summed E-state index contributed by atoms with van der Waals surface area (Å²) in [6.45, 7) is 4.17. The molecule has 0 aliphatic carbocycles. The Kier molecular flexibility index (Phi) is 6.29. The summed E-state index contributed by atoms with van der Waals surface area (Å²) in [6.07, 6.45) is 1.92. The van der Waals surface area contributed by atoms with Crippen LogP contribution in [0.2, 0.25) is 5.02 Å². The SMILES string of the molecule is COC(=O)c1ccc(C(C)(N)NC(=O)c2cc(C)cn2Cc2ccc(Cl)cc2)cc1. The van der Waals surface area contributed by atoms with E-state index in [1.54, 1.807) is 31.2 Å². The highest BCUT2D eigenvalue weighted by Gasteiger charge is 2.26. The van der Waals surface area contributed by atoms with Crippen LogP contribution >= 0.6 is 11.6 Å². The van der Waals surface area contributed by atoms with Gasteiger partial charge in [0.15, 0.2) is 0 Å². The quantitative estimate of drug-likeness (QED) is 0.464. The van der Waals surface area contributed by atoms with Crippen molar-refractivity contribution in [3.63, 3.8) is 0 Å². The van der Waals surface area contributed by atoms with Gasteiger partial charge in [0, 0.05) is 17.8 Å². The molecule has 2 aromatic carbocycles. The standard InChI is InChI=1S/C23H24ClN3O3/c1-15-12-20(27(13-15)14-16-4-10-19(24)11-5-16)21(28)26-23(2,25)18-8-6-17(7-9-18)22(29)30-3/h4-13H,14,25H2,1-3H3,(H,26,28). The molecular formula is C23H24ClN3O3. The predicted octanol–water partition coefficient (Wildman–Crippen LogP) is 3.85. The Morgan fingerprint density at radius 3 is 2.37 bits per heavy atom. The number of carbonyl (C=O) groups excluding carboxylic acids is 2. The molecule has 6 nitrogen and oxygen atoms in total. The lowest BCUT2D eigenvalue weighted by Gasteiger charge is -2.27. The minimum Gasteiger partial charge on any atom is -0.465 e. The Morgan fingerprint density at radius 2 is 1.77 bits per heavy atom. The number of nitrogens with two attached hydrogens (primary N) is 1. The van der Waals surface area contributed by atoms with E-state index in [2.05, 4.69) is 5.32 Å². The summed E-state index contributed by atoms with van der Waals surface area (Å²) in [4.78, 5) is 24.6. The Labute approximate surface area is 180 Å². The molecule has 7 heteroatoms. The molecule has 1 unspecified atom stereocenters. The number of aryl methyl sites for hydroxylation is 1. The number of aromatic nitrogens is 1. The molecule has 0 bridgehead atoms. The van der Waals surface area contributed by atoms with Crippen molar-refractivity contribution in [2.75, 3.05) is 7.11 Å². The van der Waals surface area contributed by atoms with Crippen LogP contribution in [0.3, 0.4) is 0 Å². The van der Waals surface area contributed by atoms with Gasteiger partial charge in [-0.3, -0.25) is 4.79 Å². The minimum atomic E-state index is -1.13. The third-order valence-electron chi connectivity index (χ3n) is 4.81. The van der Waals surface area contributed by atoms with Crippen LogP contribution < -0.4 is 11.1 Å². The largest absolute Gasteiger partial charge is 0.465 e. The molecule has 0 aliphatic rings. The summed E-state index contributed by atoms with van der Waals surface area (Å²) in [7, 11) is 1.32. The van der Waals surface area contributed by atoms with Crippen LogP contribution in [0.5, 0.6) is 0 Å². The summed E-state index contributed by atoms with van der Waals surface area (Å²) in [6, 6.07) is 15.9. The van der Waals surface area contributed by atoms with Gasteiger partial charge in [-0.2, -0.15) is 0 Å². The zero-order valence-electron chi connectivity index (χ0n) is 17.1. The fourth-order valence-electron chi connectivity index (χ4n) is 3.21. The van der Waals surface area contributed by atoms with Crippen LogP contribution in [0, 0.1) is 6.92 Å². The van der Waals surface area contributed by atoms with Gasteiger partial charge in [-0.25, -0.2) is 4.79 Å². The van der Waals surface area contributed by atoms with Gasteiger partial charge in [0.1, 0.15) is 11.4 Å². The Bertz CT molecular complexity index is 1050. The lowest BCUT2D eigenvalue weighted by Crippen LogP contribution is -2.51. The lowest BCUT2D eigenvalue weighted by atomic mass is 10.0. The average Bonchev–Trinajstić information content (AvgIpc) is 3.09. The fraction of sp³-hybridized carbons (Fsp3) is 0.217. The van der Waals surface area contributed by atoms with Crippen LogP contribution in [-0.2, 0) is 16.9 Å². The first kappa shape index (κ1) is 21.6. The summed E-state index contributed by atoms with van der Waals surface area (Å²) in [5.41, 5.74) is 8.83. The van der Waals surface area contributed by atoms with Crippen molar-refractivity contribution in [2.24, 2.45) is 5.73 Å². The number of hydrogen-bond acceptors (Lipinski definition) is 4. The predicted molar refractivity (Wildman–Crippen MR) is 117 cm³/mol. The van der Waals surface area contributed by atoms with E-state index >= 15 is 0 Å². The number of benzene rings is 2. The zero-order valence-corrected chi connectivity index (χ0v) is 17.9. The van der Waals surface area contributed by atoms with Gasteiger partial charge in [-0.15, -0.1) is 0 Å². The monoisotopic (exact) mass is 425 g/mol. The fourth-order valence-corrected chi connectivity index (χ4v) is 3.33. The van der Waals surface area contributed by atoms with Crippen molar-refractivity contribution in [3.8, 4) is 0 Å². The first-order valence-electron chi connectivity index (χ1n) is 9.41. The first-order valence-corrected chi connectivity index (χ1v) is 9.79. The minimum absolute atomic E-state index is 0.292. The maximum absolute atomic E-state index is 13.0. The molecule has 0 saturated heterocycles. The van der Waals surface area contributed by atoms with E-state index in [9.17, 15) is 9.59 Å². The van der Waals surface area contributed by atoms with Crippen molar-refractivity contribution in [3.05, 3.63) is 93.8 Å². The molecule has 0 fully saturated rings. The molecule has 3 N–H and O–H groups in total. The van der Waals surface area contributed by atoms with Gasteiger partial charge in [-0.1, -0.05) is 35.9 Å². The third-order valence-corrected chi connectivity index (χ3v) is 5.06. The Balaban J connectivity index is 1.79. The molecule has 1 heterocycles. The second kappa shape index (κ2) is 8.73. The van der Waals surface area contributed by atoms with E-state index in [0.717, 1.165) is 11.1 Å². The number of nitrogens with zero attached hydrogens (tertiary/aromatic N) is 1.